The highest BCUT2D eigenvalue weighted by molar-refractivity contribution is 5.39. The molecule has 0 bridgehead atoms. The smallest absolute Gasteiger partial charge is 0.0661 e. The van der Waals surface area contributed by atoms with Gasteiger partial charge in [-0.05, 0) is 62.8 Å². The van der Waals surface area contributed by atoms with Gasteiger partial charge in [-0.15, -0.1) is 0 Å². The molecule has 0 fully saturated rings. The van der Waals surface area contributed by atoms with E-state index in [1.165, 1.54) is 28.7 Å². The summed E-state index contributed by atoms with van der Waals surface area (Å²) in [5, 5.41) is 3.57. The molecule has 0 aliphatic heterocycles. The molecule has 0 saturated carbocycles. The maximum absolute atomic E-state index is 5.93. The maximum atomic E-state index is 5.93. The zero-order valence-electron chi connectivity index (χ0n) is 14.8. The predicted octanol–water partition coefficient (Wildman–Crippen LogP) is 4.72. The Morgan fingerprint density at radius 1 is 1.10 bits per heavy atom. The number of likely N-dealkylation sites (N-methyl/N-ethyl adjacent to an activating group) is 1. The molecule has 0 amide bonds. The van der Waals surface area contributed by atoms with Crippen molar-refractivity contribution < 1.29 is 4.74 Å². The van der Waals surface area contributed by atoms with E-state index in [2.05, 4.69) is 59.0 Å². The third kappa shape index (κ3) is 6.19. The van der Waals surface area contributed by atoms with E-state index >= 15 is 0 Å². The van der Waals surface area contributed by atoms with E-state index in [1.807, 2.05) is 0 Å². The van der Waals surface area contributed by atoms with Gasteiger partial charge in [0, 0.05) is 6.61 Å². The van der Waals surface area contributed by atoms with Crippen LogP contribution in [0.2, 0.25) is 0 Å². The van der Waals surface area contributed by atoms with Crippen LogP contribution in [0, 0.1) is 26.7 Å². The fraction of sp³-hybridized carbons (Fsp3) is 0.684. The van der Waals surface area contributed by atoms with Crippen LogP contribution >= 0.6 is 0 Å². The third-order valence-corrected chi connectivity index (χ3v) is 3.89. The summed E-state index contributed by atoms with van der Waals surface area (Å²) in [6.07, 6.45) is 2.40. The molecule has 1 atom stereocenters. The zero-order chi connectivity index (χ0) is 15.8. The van der Waals surface area contributed by atoms with Crippen molar-refractivity contribution in [2.45, 2.75) is 60.4 Å². The number of benzene rings is 1. The predicted molar refractivity (Wildman–Crippen MR) is 92.0 cm³/mol. The molecule has 1 rings (SSSR count). The summed E-state index contributed by atoms with van der Waals surface area (Å²) in [6, 6.07) is 4.84. The van der Waals surface area contributed by atoms with Crippen molar-refractivity contribution in [3.05, 3.63) is 34.4 Å². The quantitative estimate of drug-likeness (QED) is 0.665. The fourth-order valence-electron chi connectivity index (χ4n) is 3.03. The number of rotatable bonds is 9. The summed E-state index contributed by atoms with van der Waals surface area (Å²) in [5.74, 6) is 0.764. The molecule has 0 aromatic heterocycles. The fourth-order valence-corrected chi connectivity index (χ4v) is 3.03. The largest absolute Gasteiger partial charge is 0.379 e. The first-order valence-electron chi connectivity index (χ1n) is 8.34. The molecule has 1 unspecified atom stereocenters. The van der Waals surface area contributed by atoms with Crippen molar-refractivity contribution in [3.63, 3.8) is 0 Å². The summed E-state index contributed by atoms with van der Waals surface area (Å²) in [5.41, 5.74) is 5.47. The minimum Gasteiger partial charge on any atom is -0.379 e. The Morgan fingerprint density at radius 3 is 2.24 bits per heavy atom. The highest BCUT2D eigenvalue weighted by Gasteiger charge is 2.15. The van der Waals surface area contributed by atoms with Gasteiger partial charge >= 0.3 is 0 Å². The molecule has 0 spiro atoms. The van der Waals surface area contributed by atoms with Gasteiger partial charge in [0.1, 0.15) is 0 Å². The van der Waals surface area contributed by atoms with E-state index < -0.39 is 0 Å². The Morgan fingerprint density at radius 2 is 1.71 bits per heavy atom. The van der Waals surface area contributed by atoms with Crippen molar-refractivity contribution in [3.8, 4) is 0 Å². The van der Waals surface area contributed by atoms with Gasteiger partial charge in [0.05, 0.1) is 12.6 Å². The highest BCUT2D eigenvalue weighted by Crippen LogP contribution is 2.24. The number of ether oxygens (including phenoxy) is 1. The van der Waals surface area contributed by atoms with Gasteiger partial charge in [-0.2, -0.15) is 0 Å². The molecule has 1 aromatic rings. The summed E-state index contributed by atoms with van der Waals surface area (Å²) in [7, 11) is 0. The van der Waals surface area contributed by atoms with Crippen LogP contribution in [-0.4, -0.2) is 19.8 Å². The molecule has 0 heterocycles. The Balaban J connectivity index is 2.65. The molecule has 1 aromatic carbocycles. The number of nitrogens with one attached hydrogen (secondary N) is 1. The van der Waals surface area contributed by atoms with E-state index in [9.17, 15) is 0 Å². The van der Waals surface area contributed by atoms with Crippen LogP contribution in [-0.2, 0) is 4.74 Å². The minimum atomic E-state index is 0.301. The van der Waals surface area contributed by atoms with Gasteiger partial charge < -0.3 is 10.1 Å². The maximum Gasteiger partial charge on any atom is 0.0661 e. The Kier molecular flexibility index (Phi) is 7.98. The number of aryl methyl sites for hydroxylation is 3. The van der Waals surface area contributed by atoms with Crippen LogP contribution in [0.5, 0.6) is 0 Å². The molecule has 2 nitrogen and oxygen atoms in total. The van der Waals surface area contributed by atoms with E-state index in [4.69, 9.17) is 4.74 Å². The van der Waals surface area contributed by atoms with Gasteiger partial charge in [-0.25, -0.2) is 0 Å². The number of hydrogen-bond acceptors (Lipinski definition) is 2. The minimum absolute atomic E-state index is 0.301. The lowest BCUT2D eigenvalue weighted by atomic mass is 9.94. The Bertz CT molecular complexity index is 403. The van der Waals surface area contributed by atoms with Crippen LogP contribution in [0.1, 0.15) is 61.9 Å². The molecule has 0 aliphatic rings. The highest BCUT2D eigenvalue weighted by atomic mass is 16.5. The third-order valence-electron chi connectivity index (χ3n) is 3.89. The van der Waals surface area contributed by atoms with Crippen LogP contribution < -0.4 is 5.32 Å². The molecule has 120 valence electrons. The van der Waals surface area contributed by atoms with Crippen LogP contribution in [0.25, 0.3) is 0 Å². The van der Waals surface area contributed by atoms with Gasteiger partial charge in [0.15, 0.2) is 0 Å². The first-order valence-corrected chi connectivity index (χ1v) is 8.34. The second kappa shape index (κ2) is 9.22. The molecule has 1 N–H and O–H groups in total. The van der Waals surface area contributed by atoms with Crippen molar-refractivity contribution in [1.82, 2.24) is 5.32 Å². The Labute approximate surface area is 131 Å². The van der Waals surface area contributed by atoms with Gasteiger partial charge in [0.25, 0.3) is 0 Å². The van der Waals surface area contributed by atoms with Gasteiger partial charge in [-0.3, -0.25) is 0 Å². The average molecular weight is 291 g/mol. The molecule has 2 heteroatoms. The summed E-state index contributed by atoms with van der Waals surface area (Å²) >= 11 is 0. The SMILES string of the molecule is CCNC(COCCCC(C)C)c1c(C)cc(C)cc1C. The van der Waals surface area contributed by atoms with Gasteiger partial charge in [-0.1, -0.05) is 38.5 Å². The standard InChI is InChI=1S/C19H33NO/c1-7-20-18(13-21-10-8-9-14(2)3)19-16(5)11-15(4)12-17(19)6/h11-12,14,18,20H,7-10,13H2,1-6H3. The van der Waals surface area contributed by atoms with Crippen LogP contribution in [0.15, 0.2) is 12.1 Å². The second-order valence-electron chi connectivity index (χ2n) is 6.53. The topological polar surface area (TPSA) is 21.3 Å². The molecule has 0 aliphatic carbocycles. The normalized spacial score (nSPS) is 12.9. The number of hydrogen-bond donors (Lipinski definition) is 1. The van der Waals surface area contributed by atoms with Crippen LogP contribution in [0.3, 0.4) is 0 Å². The monoisotopic (exact) mass is 291 g/mol. The molecular formula is C19H33NO. The van der Waals surface area contributed by atoms with Crippen molar-refractivity contribution >= 4 is 0 Å². The van der Waals surface area contributed by atoms with Crippen molar-refractivity contribution in [2.24, 2.45) is 5.92 Å². The lowest BCUT2D eigenvalue weighted by Crippen LogP contribution is -2.27. The molecule has 21 heavy (non-hydrogen) atoms. The van der Waals surface area contributed by atoms with E-state index in [0.717, 1.165) is 32.1 Å². The lowest BCUT2D eigenvalue weighted by molar-refractivity contribution is 0.106. The zero-order valence-corrected chi connectivity index (χ0v) is 14.8. The molecule has 0 radical (unpaired) electrons. The summed E-state index contributed by atoms with van der Waals surface area (Å²) in [6.45, 7) is 15.9. The van der Waals surface area contributed by atoms with Gasteiger partial charge in [0.2, 0.25) is 0 Å². The first-order chi connectivity index (χ1) is 9.95. The Hall–Kier alpha value is -0.860. The molecular weight excluding hydrogens is 258 g/mol. The van der Waals surface area contributed by atoms with Crippen LogP contribution in [0.4, 0.5) is 0 Å². The van der Waals surface area contributed by atoms with Crippen molar-refractivity contribution in [2.75, 3.05) is 19.8 Å². The van der Waals surface area contributed by atoms with E-state index in [1.54, 1.807) is 0 Å². The van der Waals surface area contributed by atoms with E-state index in [-0.39, 0.29) is 0 Å². The second-order valence-corrected chi connectivity index (χ2v) is 6.53. The lowest BCUT2D eigenvalue weighted by Gasteiger charge is -2.23. The van der Waals surface area contributed by atoms with Crippen molar-refractivity contribution in [1.29, 1.82) is 0 Å². The summed E-state index contributed by atoms with van der Waals surface area (Å²) < 4.78 is 5.93. The molecule has 0 saturated heterocycles. The summed E-state index contributed by atoms with van der Waals surface area (Å²) in [4.78, 5) is 0. The average Bonchev–Trinajstić information content (AvgIpc) is 2.36. The first kappa shape index (κ1) is 18.2. The van der Waals surface area contributed by atoms with E-state index in [0.29, 0.717) is 6.04 Å².